The van der Waals surface area contributed by atoms with E-state index in [0.717, 1.165) is 0 Å². The van der Waals surface area contributed by atoms with Crippen LogP contribution in [-0.2, 0) is 4.74 Å². The van der Waals surface area contributed by atoms with Gasteiger partial charge in [0, 0.05) is 12.1 Å². The maximum Gasteiger partial charge on any atom is 0.453 e. The minimum Gasteiger partial charge on any atom is -0.428 e. The molecule has 0 aliphatic rings. The van der Waals surface area contributed by atoms with Crippen molar-refractivity contribution in [1.82, 2.24) is 15.0 Å². The molecule has 9 nitrogen and oxygen atoms in total. The second kappa shape index (κ2) is 4.37. The van der Waals surface area contributed by atoms with E-state index in [1.165, 1.54) is 25.1 Å². The van der Waals surface area contributed by atoms with Crippen LogP contribution in [0, 0.1) is 10.1 Å². The second-order valence-corrected chi connectivity index (χ2v) is 3.51. The largest absolute Gasteiger partial charge is 0.453 e. The van der Waals surface area contributed by atoms with Crippen molar-refractivity contribution in [3.63, 3.8) is 0 Å². The predicted molar refractivity (Wildman–Crippen MR) is 59.7 cm³/mol. The van der Waals surface area contributed by atoms with Crippen molar-refractivity contribution in [1.29, 1.82) is 0 Å². The van der Waals surface area contributed by atoms with Gasteiger partial charge in [-0.05, 0) is 13.0 Å². The van der Waals surface area contributed by atoms with Crippen LogP contribution in [0.3, 0.4) is 0 Å². The number of rotatable bonds is 2. The molecule has 1 aromatic carbocycles. The van der Waals surface area contributed by atoms with Crippen molar-refractivity contribution < 1.29 is 14.5 Å². The molecular formula is C9H9N5O4. The monoisotopic (exact) mass is 251 g/mol. The fourth-order valence-electron chi connectivity index (χ4n) is 1.30. The Kier molecular flexibility index (Phi) is 2.90. The highest BCUT2D eigenvalue weighted by atomic mass is 16.6. The van der Waals surface area contributed by atoms with Crippen LogP contribution < -0.4 is 5.73 Å². The summed E-state index contributed by atoms with van der Waals surface area (Å²) in [6.45, 7) is 1.48. The molecule has 0 saturated heterocycles. The summed E-state index contributed by atoms with van der Waals surface area (Å²) in [7, 11) is 0. The van der Waals surface area contributed by atoms with E-state index in [4.69, 9.17) is 5.73 Å². The minimum absolute atomic E-state index is 0.130. The molecule has 1 heterocycles. The molecular weight excluding hydrogens is 242 g/mol. The standard InChI is InChI=1S/C9H9N5O4/c1-5(10)18-9(15)13-11-7-3-2-6(14(16)17)4-8(7)12-13/h2-5H,10H2,1H3. The molecule has 0 aliphatic heterocycles. The highest BCUT2D eigenvalue weighted by Crippen LogP contribution is 2.17. The highest BCUT2D eigenvalue weighted by molar-refractivity contribution is 5.79. The molecule has 0 bridgehead atoms. The Labute approximate surface area is 100 Å². The normalized spacial score (nSPS) is 12.3. The van der Waals surface area contributed by atoms with Gasteiger partial charge in [-0.2, -0.15) is 0 Å². The van der Waals surface area contributed by atoms with Gasteiger partial charge in [0.05, 0.1) is 4.92 Å². The van der Waals surface area contributed by atoms with Crippen molar-refractivity contribution in [2.45, 2.75) is 13.2 Å². The molecule has 2 rings (SSSR count). The number of nitrogens with zero attached hydrogens (tertiary/aromatic N) is 4. The Bertz CT molecular complexity index is 620. The average molecular weight is 251 g/mol. The van der Waals surface area contributed by atoms with Crippen molar-refractivity contribution in [2.24, 2.45) is 5.73 Å². The zero-order valence-electron chi connectivity index (χ0n) is 9.31. The van der Waals surface area contributed by atoms with Crippen LogP contribution in [0.15, 0.2) is 18.2 Å². The molecule has 1 atom stereocenters. The smallest absolute Gasteiger partial charge is 0.428 e. The van der Waals surface area contributed by atoms with Gasteiger partial charge in [0.25, 0.3) is 5.69 Å². The number of aromatic nitrogens is 3. The van der Waals surface area contributed by atoms with Crippen molar-refractivity contribution in [3.05, 3.63) is 28.3 Å². The molecule has 0 amide bonds. The number of hydrogen-bond acceptors (Lipinski definition) is 7. The molecule has 2 aromatic rings. The SMILES string of the molecule is CC(N)OC(=O)n1nc2ccc([N+](=O)[O-])cc2n1. The highest BCUT2D eigenvalue weighted by Gasteiger charge is 2.15. The lowest BCUT2D eigenvalue weighted by Crippen LogP contribution is -2.27. The lowest BCUT2D eigenvalue weighted by molar-refractivity contribution is -0.384. The fourth-order valence-corrected chi connectivity index (χ4v) is 1.30. The Hall–Kier alpha value is -2.55. The Balaban J connectivity index is 2.38. The van der Waals surface area contributed by atoms with E-state index < -0.39 is 17.2 Å². The van der Waals surface area contributed by atoms with E-state index in [1.807, 2.05) is 0 Å². The first-order valence-electron chi connectivity index (χ1n) is 4.95. The predicted octanol–water partition coefficient (Wildman–Crippen LogP) is 0.629. The van der Waals surface area contributed by atoms with Crippen LogP contribution in [0.25, 0.3) is 11.0 Å². The Morgan fingerprint density at radius 2 is 2.17 bits per heavy atom. The van der Waals surface area contributed by atoms with Gasteiger partial charge in [-0.3, -0.25) is 15.8 Å². The molecule has 1 unspecified atom stereocenters. The van der Waals surface area contributed by atoms with E-state index in [0.29, 0.717) is 10.3 Å². The van der Waals surface area contributed by atoms with Gasteiger partial charge in [0.2, 0.25) is 0 Å². The van der Waals surface area contributed by atoms with Crippen molar-refractivity contribution in [2.75, 3.05) is 0 Å². The number of hydrogen-bond donors (Lipinski definition) is 1. The van der Waals surface area contributed by atoms with Crippen LogP contribution in [0.1, 0.15) is 6.92 Å². The number of fused-ring (bicyclic) bond motifs is 1. The maximum absolute atomic E-state index is 11.4. The van der Waals surface area contributed by atoms with Crippen LogP contribution in [-0.4, -0.2) is 32.2 Å². The topological polar surface area (TPSA) is 126 Å². The van der Waals surface area contributed by atoms with Gasteiger partial charge < -0.3 is 4.74 Å². The van der Waals surface area contributed by atoms with E-state index >= 15 is 0 Å². The molecule has 9 heteroatoms. The lowest BCUT2D eigenvalue weighted by atomic mass is 10.3. The molecule has 0 radical (unpaired) electrons. The van der Waals surface area contributed by atoms with Gasteiger partial charge in [0.15, 0.2) is 0 Å². The zero-order valence-corrected chi connectivity index (χ0v) is 9.31. The van der Waals surface area contributed by atoms with E-state index in [9.17, 15) is 14.9 Å². The number of ether oxygens (including phenoxy) is 1. The maximum atomic E-state index is 11.4. The molecule has 0 aliphatic carbocycles. The van der Waals surface area contributed by atoms with Crippen LogP contribution >= 0.6 is 0 Å². The van der Waals surface area contributed by atoms with Crippen molar-refractivity contribution in [3.8, 4) is 0 Å². The number of benzene rings is 1. The fraction of sp³-hybridized carbons (Fsp3) is 0.222. The zero-order chi connectivity index (χ0) is 13.3. The molecule has 94 valence electrons. The Morgan fingerprint density at radius 3 is 2.78 bits per heavy atom. The van der Waals surface area contributed by atoms with Gasteiger partial charge >= 0.3 is 6.09 Å². The van der Waals surface area contributed by atoms with E-state index in [1.54, 1.807) is 0 Å². The number of nitrogens with two attached hydrogens (primary N) is 1. The molecule has 1 aromatic heterocycles. The first kappa shape index (κ1) is 11.9. The third-order valence-corrected chi connectivity index (χ3v) is 2.02. The molecule has 0 saturated carbocycles. The number of carbonyl (C=O) groups is 1. The first-order valence-corrected chi connectivity index (χ1v) is 4.95. The summed E-state index contributed by atoms with van der Waals surface area (Å²) in [5, 5.41) is 18.2. The average Bonchev–Trinajstić information content (AvgIpc) is 2.70. The van der Waals surface area contributed by atoms with E-state index in [-0.39, 0.29) is 11.2 Å². The minimum atomic E-state index is -0.844. The summed E-state index contributed by atoms with van der Waals surface area (Å²) in [5.74, 6) is 0. The van der Waals surface area contributed by atoms with Crippen LogP contribution in [0.5, 0.6) is 0 Å². The molecule has 0 spiro atoms. The quantitative estimate of drug-likeness (QED) is 0.471. The Morgan fingerprint density at radius 1 is 1.50 bits per heavy atom. The summed E-state index contributed by atoms with van der Waals surface area (Å²) >= 11 is 0. The van der Waals surface area contributed by atoms with Gasteiger partial charge in [-0.25, -0.2) is 4.79 Å². The summed E-state index contributed by atoms with van der Waals surface area (Å²) < 4.78 is 4.69. The third-order valence-electron chi connectivity index (χ3n) is 2.02. The van der Waals surface area contributed by atoms with Gasteiger partial charge in [-0.1, -0.05) is 4.80 Å². The van der Waals surface area contributed by atoms with Gasteiger partial charge in [0.1, 0.15) is 17.3 Å². The lowest BCUT2D eigenvalue weighted by Gasteiger charge is -2.04. The number of nitro benzene ring substituents is 1. The summed E-state index contributed by atoms with van der Waals surface area (Å²) in [6.07, 6.45) is -1.63. The van der Waals surface area contributed by atoms with Crippen LogP contribution in [0.4, 0.5) is 10.5 Å². The summed E-state index contributed by atoms with van der Waals surface area (Å²) in [5.41, 5.74) is 5.73. The van der Waals surface area contributed by atoms with E-state index in [2.05, 4.69) is 14.9 Å². The second-order valence-electron chi connectivity index (χ2n) is 3.51. The van der Waals surface area contributed by atoms with Gasteiger partial charge in [-0.15, -0.1) is 10.2 Å². The summed E-state index contributed by atoms with van der Waals surface area (Å²) in [6, 6.07) is 3.90. The molecule has 2 N–H and O–H groups in total. The molecule has 18 heavy (non-hydrogen) atoms. The van der Waals surface area contributed by atoms with Crippen molar-refractivity contribution >= 4 is 22.8 Å². The third kappa shape index (κ3) is 2.25. The first-order chi connectivity index (χ1) is 8.47. The number of non-ortho nitro benzene ring substituents is 1. The molecule has 0 fully saturated rings. The number of carbonyl (C=O) groups excluding carboxylic acids is 1. The number of nitro groups is 1. The summed E-state index contributed by atoms with van der Waals surface area (Å²) in [4.78, 5) is 22.2. The van der Waals surface area contributed by atoms with Crippen LogP contribution in [0.2, 0.25) is 0 Å².